The molecule has 1 heterocycles. The van der Waals surface area contributed by atoms with Crippen LogP contribution in [0.1, 0.15) is 30.5 Å². The molecule has 0 spiro atoms. The van der Waals surface area contributed by atoms with Gasteiger partial charge in [-0.25, -0.2) is 9.59 Å². The van der Waals surface area contributed by atoms with Gasteiger partial charge in [0.05, 0.1) is 6.20 Å². The topological polar surface area (TPSA) is 144 Å². The first kappa shape index (κ1) is 16.5. The van der Waals surface area contributed by atoms with Crippen molar-refractivity contribution >= 4 is 18.0 Å². The van der Waals surface area contributed by atoms with Gasteiger partial charge in [0.25, 0.3) is 0 Å². The van der Waals surface area contributed by atoms with Gasteiger partial charge >= 0.3 is 18.0 Å². The minimum atomic E-state index is -1.20. The molecule has 0 radical (unpaired) electrons. The van der Waals surface area contributed by atoms with Crippen LogP contribution in [-0.4, -0.2) is 44.4 Å². The number of carboxylic acids is 2. The number of amides is 2. The number of aromatic nitrogens is 2. The molecule has 9 heteroatoms. The molecule has 0 aliphatic heterocycles. The Hall–Kier alpha value is -2.58. The van der Waals surface area contributed by atoms with E-state index in [1.54, 1.807) is 13.1 Å². The van der Waals surface area contributed by atoms with Crippen LogP contribution in [0.3, 0.4) is 0 Å². The Morgan fingerprint density at radius 2 is 2.10 bits per heavy atom. The van der Waals surface area contributed by atoms with Gasteiger partial charge in [-0.1, -0.05) is 0 Å². The monoisotopic (exact) mass is 298 g/mol. The average molecular weight is 298 g/mol. The molecule has 1 aromatic rings. The van der Waals surface area contributed by atoms with E-state index in [2.05, 4.69) is 20.8 Å². The van der Waals surface area contributed by atoms with Crippen LogP contribution in [-0.2, 0) is 16.1 Å². The fraction of sp³-hybridized carbons (Fsp3) is 0.500. The molecule has 0 aromatic carbocycles. The minimum absolute atomic E-state index is 0.0553. The third kappa shape index (κ3) is 5.93. The summed E-state index contributed by atoms with van der Waals surface area (Å²) in [4.78, 5) is 33.0. The van der Waals surface area contributed by atoms with Gasteiger partial charge < -0.3 is 20.8 Å². The Kier molecular flexibility index (Phi) is 6.18. The maximum absolute atomic E-state index is 11.6. The number of nitrogens with zero attached hydrogens (tertiary/aromatic N) is 1. The first-order valence-electron chi connectivity index (χ1n) is 6.38. The number of carboxylic acid groups (broad SMARTS) is 2. The Morgan fingerprint density at radius 1 is 1.38 bits per heavy atom. The van der Waals surface area contributed by atoms with Gasteiger partial charge in [-0.2, -0.15) is 5.10 Å². The Labute approximate surface area is 120 Å². The van der Waals surface area contributed by atoms with E-state index >= 15 is 0 Å². The third-order valence-corrected chi connectivity index (χ3v) is 2.86. The SMILES string of the molecule is Cc1[nH]ncc1CNC(=O)N[C@H](CCCC(=O)O)C(=O)O. The molecular weight excluding hydrogens is 280 g/mol. The molecule has 1 atom stereocenters. The zero-order valence-corrected chi connectivity index (χ0v) is 11.5. The molecule has 0 fully saturated rings. The normalized spacial score (nSPS) is 11.7. The molecule has 0 bridgehead atoms. The Balaban J connectivity index is 2.39. The molecule has 1 aromatic heterocycles. The van der Waals surface area contributed by atoms with Gasteiger partial charge in [-0.15, -0.1) is 0 Å². The second-order valence-corrected chi connectivity index (χ2v) is 4.52. The molecule has 5 N–H and O–H groups in total. The van der Waals surface area contributed by atoms with Gasteiger partial charge in [0, 0.05) is 24.2 Å². The van der Waals surface area contributed by atoms with Crippen LogP contribution >= 0.6 is 0 Å². The lowest BCUT2D eigenvalue weighted by Crippen LogP contribution is -2.45. The van der Waals surface area contributed by atoms with Crippen molar-refractivity contribution in [2.45, 2.75) is 38.8 Å². The highest BCUT2D eigenvalue weighted by Gasteiger charge is 2.19. The lowest BCUT2D eigenvalue weighted by atomic mass is 10.1. The second kappa shape index (κ2) is 7.88. The summed E-state index contributed by atoms with van der Waals surface area (Å²) in [5.74, 6) is -2.20. The van der Waals surface area contributed by atoms with Crippen LogP contribution in [0.25, 0.3) is 0 Å². The standard InChI is InChI=1S/C12H18N4O5/c1-7-8(6-14-16-7)5-13-12(21)15-9(11(19)20)3-2-4-10(17)18/h6,9H,2-5H2,1H3,(H,14,16)(H,17,18)(H,19,20)(H2,13,15,21)/t9-/m1/s1. The van der Waals surface area contributed by atoms with Crippen LogP contribution in [0.4, 0.5) is 4.79 Å². The summed E-state index contributed by atoms with van der Waals surface area (Å²) < 4.78 is 0. The molecule has 0 unspecified atom stereocenters. The number of hydrogen-bond acceptors (Lipinski definition) is 4. The molecule has 0 aliphatic rings. The van der Waals surface area contributed by atoms with Crippen molar-refractivity contribution in [3.05, 3.63) is 17.5 Å². The van der Waals surface area contributed by atoms with E-state index < -0.39 is 24.0 Å². The van der Waals surface area contributed by atoms with Crippen molar-refractivity contribution in [1.29, 1.82) is 0 Å². The second-order valence-electron chi connectivity index (χ2n) is 4.52. The highest BCUT2D eigenvalue weighted by molar-refractivity contribution is 5.82. The molecule has 2 amide bonds. The summed E-state index contributed by atoms with van der Waals surface area (Å²) in [6.07, 6.45) is 1.66. The summed E-state index contributed by atoms with van der Waals surface area (Å²) in [6, 6.07) is -1.74. The molecule has 0 saturated heterocycles. The van der Waals surface area contributed by atoms with Gasteiger partial charge in [0.1, 0.15) is 6.04 Å². The van der Waals surface area contributed by atoms with Crippen molar-refractivity contribution in [3.63, 3.8) is 0 Å². The molecular formula is C12H18N4O5. The average Bonchev–Trinajstić information content (AvgIpc) is 2.80. The number of carbonyl (C=O) groups excluding carboxylic acids is 1. The zero-order valence-electron chi connectivity index (χ0n) is 11.5. The summed E-state index contributed by atoms with van der Waals surface area (Å²) in [5.41, 5.74) is 1.61. The largest absolute Gasteiger partial charge is 0.481 e. The predicted octanol–water partition coefficient (Wildman–Crippen LogP) is 0.225. The van der Waals surface area contributed by atoms with Crippen LogP contribution in [0.5, 0.6) is 0 Å². The van der Waals surface area contributed by atoms with Gasteiger partial charge in [-0.3, -0.25) is 9.89 Å². The smallest absolute Gasteiger partial charge is 0.326 e. The Morgan fingerprint density at radius 3 is 2.62 bits per heavy atom. The van der Waals surface area contributed by atoms with E-state index in [0.717, 1.165) is 11.3 Å². The first-order valence-corrected chi connectivity index (χ1v) is 6.38. The van der Waals surface area contributed by atoms with E-state index in [-0.39, 0.29) is 25.8 Å². The number of aromatic amines is 1. The minimum Gasteiger partial charge on any atom is -0.481 e. The van der Waals surface area contributed by atoms with E-state index in [0.29, 0.717) is 0 Å². The summed E-state index contributed by atoms with van der Waals surface area (Å²) in [7, 11) is 0. The molecule has 9 nitrogen and oxygen atoms in total. The van der Waals surface area contributed by atoms with Crippen LogP contribution in [0, 0.1) is 6.92 Å². The zero-order chi connectivity index (χ0) is 15.8. The maximum atomic E-state index is 11.6. The number of carbonyl (C=O) groups is 3. The predicted molar refractivity (Wildman–Crippen MR) is 71.6 cm³/mol. The van der Waals surface area contributed by atoms with E-state index in [1.165, 1.54) is 0 Å². The maximum Gasteiger partial charge on any atom is 0.326 e. The van der Waals surface area contributed by atoms with Crippen molar-refractivity contribution in [3.8, 4) is 0 Å². The van der Waals surface area contributed by atoms with Gasteiger partial charge in [0.2, 0.25) is 0 Å². The van der Waals surface area contributed by atoms with Crippen LogP contribution in [0.2, 0.25) is 0 Å². The van der Waals surface area contributed by atoms with Crippen LogP contribution in [0.15, 0.2) is 6.20 Å². The number of urea groups is 1. The van der Waals surface area contributed by atoms with Gasteiger partial charge in [0.15, 0.2) is 0 Å². The first-order chi connectivity index (χ1) is 9.90. The highest BCUT2D eigenvalue weighted by Crippen LogP contribution is 2.03. The number of hydrogen-bond donors (Lipinski definition) is 5. The summed E-state index contributed by atoms with van der Waals surface area (Å²) in [5, 5.41) is 28.8. The van der Waals surface area contributed by atoms with Crippen LogP contribution < -0.4 is 10.6 Å². The fourth-order valence-electron chi connectivity index (χ4n) is 1.65. The molecule has 116 valence electrons. The Bertz CT molecular complexity index is 514. The molecule has 0 saturated carbocycles. The van der Waals surface area contributed by atoms with E-state index in [4.69, 9.17) is 10.2 Å². The van der Waals surface area contributed by atoms with E-state index in [1.807, 2.05) is 0 Å². The number of aliphatic carboxylic acids is 2. The number of aryl methyl sites for hydroxylation is 1. The number of H-pyrrole nitrogens is 1. The summed E-state index contributed by atoms with van der Waals surface area (Å²) in [6.45, 7) is 2.02. The van der Waals surface area contributed by atoms with Crippen molar-refractivity contribution in [2.75, 3.05) is 0 Å². The van der Waals surface area contributed by atoms with Crippen molar-refractivity contribution < 1.29 is 24.6 Å². The number of nitrogens with one attached hydrogen (secondary N) is 3. The third-order valence-electron chi connectivity index (χ3n) is 2.86. The lowest BCUT2D eigenvalue weighted by molar-refractivity contribution is -0.140. The molecule has 21 heavy (non-hydrogen) atoms. The summed E-state index contributed by atoms with van der Waals surface area (Å²) >= 11 is 0. The number of rotatable bonds is 8. The van der Waals surface area contributed by atoms with Crippen molar-refractivity contribution in [2.24, 2.45) is 0 Å². The van der Waals surface area contributed by atoms with Crippen molar-refractivity contribution in [1.82, 2.24) is 20.8 Å². The van der Waals surface area contributed by atoms with E-state index in [9.17, 15) is 14.4 Å². The lowest BCUT2D eigenvalue weighted by Gasteiger charge is -2.14. The molecule has 1 rings (SSSR count). The quantitative estimate of drug-likeness (QED) is 0.464. The van der Waals surface area contributed by atoms with Gasteiger partial charge in [-0.05, 0) is 19.8 Å². The highest BCUT2D eigenvalue weighted by atomic mass is 16.4. The fourth-order valence-corrected chi connectivity index (χ4v) is 1.65. The molecule has 0 aliphatic carbocycles.